The van der Waals surface area contributed by atoms with Gasteiger partial charge >= 0.3 is 5.97 Å². The molecule has 1 rings (SSSR count). The highest BCUT2D eigenvalue weighted by Crippen LogP contribution is 2.29. The molecular weight excluding hydrogens is 194 g/mol. The van der Waals surface area contributed by atoms with Crippen LogP contribution in [-0.4, -0.2) is 35.0 Å². The Morgan fingerprint density at radius 2 is 1.93 bits per heavy atom. The molecule has 0 saturated carbocycles. The first-order valence-corrected chi connectivity index (χ1v) is 5.07. The molecule has 1 N–H and O–H groups in total. The number of piperidine rings is 1. The lowest BCUT2D eigenvalue weighted by Gasteiger charge is -2.36. The number of carboxylic acids is 1. The van der Waals surface area contributed by atoms with Gasteiger partial charge in [0.15, 0.2) is 0 Å². The predicted molar refractivity (Wildman–Crippen MR) is 56.3 cm³/mol. The molecule has 0 radical (unpaired) electrons. The van der Waals surface area contributed by atoms with Crippen molar-refractivity contribution in [2.45, 2.75) is 20.3 Å². The summed E-state index contributed by atoms with van der Waals surface area (Å²) in [5.41, 5.74) is 0.894. The molecule has 1 saturated heterocycles. The van der Waals surface area contributed by atoms with Crippen molar-refractivity contribution in [2.24, 2.45) is 11.8 Å². The number of hydrogen-bond donors (Lipinski definition) is 1. The zero-order chi connectivity index (χ0) is 11.6. The van der Waals surface area contributed by atoms with Crippen LogP contribution in [0, 0.1) is 11.8 Å². The number of likely N-dealkylation sites (tertiary alicyclic amines) is 1. The Kier molecular flexibility index (Phi) is 3.50. The summed E-state index contributed by atoms with van der Waals surface area (Å²) in [5.74, 6) is -1.39. The number of nitrogens with zero attached hydrogens (tertiary/aromatic N) is 1. The van der Waals surface area contributed by atoms with Crippen LogP contribution >= 0.6 is 0 Å². The van der Waals surface area contributed by atoms with Crippen LogP contribution in [0.5, 0.6) is 0 Å². The highest BCUT2D eigenvalue weighted by Gasteiger charge is 2.35. The third kappa shape index (κ3) is 2.58. The van der Waals surface area contributed by atoms with Gasteiger partial charge in [0.2, 0.25) is 5.91 Å². The van der Waals surface area contributed by atoms with Crippen molar-refractivity contribution in [3.8, 4) is 0 Å². The fraction of sp³-hybridized carbons (Fsp3) is 0.636. The molecule has 15 heavy (non-hydrogen) atoms. The summed E-state index contributed by atoms with van der Waals surface area (Å²) in [6, 6.07) is 0. The van der Waals surface area contributed by atoms with Gasteiger partial charge in [0.1, 0.15) is 0 Å². The fourth-order valence-electron chi connectivity index (χ4n) is 2.08. The van der Waals surface area contributed by atoms with Crippen molar-refractivity contribution in [3.05, 3.63) is 12.2 Å². The first kappa shape index (κ1) is 11.8. The molecule has 0 aromatic rings. The van der Waals surface area contributed by atoms with Gasteiger partial charge in [-0.15, -0.1) is 0 Å². The average molecular weight is 211 g/mol. The maximum absolute atomic E-state index is 11.2. The van der Waals surface area contributed by atoms with Crippen molar-refractivity contribution >= 4 is 11.9 Å². The van der Waals surface area contributed by atoms with Crippen LogP contribution in [-0.2, 0) is 9.59 Å². The Morgan fingerprint density at radius 3 is 2.33 bits per heavy atom. The third-order valence-corrected chi connectivity index (χ3v) is 3.01. The number of carbonyl (C=O) groups is 2. The van der Waals surface area contributed by atoms with Gasteiger partial charge in [0.05, 0.1) is 5.92 Å². The van der Waals surface area contributed by atoms with E-state index in [4.69, 9.17) is 5.11 Å². The van der Waals surface area contributed by atoms with E-state index in [-0.39, 0.29) is 11.8 Å². The second kappa shape index (κ2) is 4.47. The van der Waals surface area contributed by atoms with E-state index in [1.807, 2.05) is 6.92 Å². The summed E-state index contributed by atoms with van der Waals surface area (Å²) in [6.45, 7) is 8.08. The Labute approximate surface area is 89.6 Å². The monoisotopic (exact) mass is 211 g/mol. The van der Waals surface area contributed by atoms with Crippen molar-refractivity contribution in [2.75, 3.05) is 13.1 Å². The molecule has 0 bridgehead atoms. The number of hydrogen-bond acceptors (Lipinski definition) is 2. The highest BCUT2D eigenvalue weighted by atomic mass is 16.4. The number of aliphatic carboxylic acids is 1. The third-order valence-electron chi connectivity index (χ3n) is 3.01. The van der Waals surface area contributed by atoms with Gasteiger partial charge in [-0.3, -0.25) is 9.59 Å². The SMILES string of the molecule is C=C(C)C1CCN(C(C)=O)CC1C(=O)O. The number of carboxylic acid groups (broad SMARTS) is 1. The standard InChI is InChI=1S/C11H17NO3/c1-7(2)9-4-5-12(8(3)13)6-10(9)11(14)15/h9-10H,1,4-6H2,2-3H3,(H,14,15). The lowest BCUT2D eigenvalue weighted by molar-refractivity contribution is -0.147. The van der Waals surface area contributed by atoms with Crippen LogP contribution in [0.2, 0.25) is 0 Å². The molecule has 1 aliphatic heterocycles. The topological polar surface area (TPSA) is 57.6 Å². The second-order valence-electron chi connectivity index (χ2n) is 4.15. The summed E-state index contributed by atoms with van der Waals surface area (Å²) in [7, 11) is 0. The molecule has 0 aromatic heterocycles. The van der Waals surface area contributed by atoms with E-state index in [0.717, 1.165) is 5.57 Å². The predicted octanol–water partition coefficient (Wildman–Crippen LogP) is 1.13. The number of allylic oxidation sites excluding steroid dienone is 1. The molecule has 4 heteroatoms. The maximum Gasteiger partial charge on any atom is 0.308 e. The van der Waals surface area contributed by atoms with Gasteiger partial charge in [-0.05, 0) is 19.3 Å². The summed E-state index contributed by atoms with van der Waals surface area (Å²) in [6.07, 6.45) is 0.700. The van der Waals surface area contributed by atoms with E-state index in [0.29, 0.717) is 19.5 Å². The zero-order valence-electron chi connectivity index (χ0n) is 9.19. The number of carbonyl (C=O) groups excluding carboxylic acids is 1. The van der Waals surface area contributed by atoms with Crippen LogP contribution in [0.15, 0.2) is 12.2 Å². The molecule has 84 valence electrons. The van der Waals surface area contributed by atoms with E-state index in [9.17, 15) is 9.59 Å². The lowest BCUT2D eigenvalue weighted by atomic mass is 9.81. The summed E-state index contributed by atoms with van der Waals surface area (Å²) in [5, 5.41) is 9.08. The van der Waals surface area contributed by atoms with E-state index < -0.39 is 11.9 Å². The van der Waals surface area contributed by atoms with E-state index >= 15 is 0 Å². The van der Waals surface area contributed by atoms with E-state index in [1.165, 1.54) is 6.92 Å². The van der Waals surface area contributed by atoms with Crippen molar-refractivity contribution in [1.82, 2.24) is 4.90 Å². The lowest BCUT2D eigenvalue weighted by Crippen LogP contribution is -2.46. The molecule has 0 spiro atoms. The van der Waals surface area contributed by atoms with Crippen LogP contribution in [0.25, 0.3) is 0 Å². The Hall–Kier alpha value is -1.32. The average Bonchev–Trinajstić information content (AvgIpc) is 2.16. The van der Waals surface area contributed by atoms with Crippen LogP contribution in [0.1, 0.15) is 20.3 Å². The van der Waals surface area contributed by atoms with Gasteiger partial charge in [-0.2, -0.15) is 0 Å². The maximum atomic E-state index is 11.2. The first-order chi connectivity index (χ1) is 6.93. The minimum atomic E-state index is -0.839. The minimum absolute atomic E-state index is 0.00176. The Bertz CT molecular complexity index is 298. The van der Waals surface area contributed by atoms with Crippen LogP contribution in [0.3, 0.4) is 0 Å². The van der Waals surface area contributed by atoms with Crippen LogP contribution < -0.4 is 0 Å². The number of amides is 1. The summed E-state index contributed by atoms with van der Waals surface area (Å²) >= 11 is 0. The van der Waals surface area contributed by atoms with E-state index in [1.54, 1.807) is 4.90 Å². The van der Waals surface area contributed by atoms with Gasteiger partial charge in [-0.1, -0.05) is 12.2 Å². The summed E-state index contributed by atoms with van der Waals surface area (Å²) < 4.78 is 0. The smallest absolute Gasteiger partial charge is 0.308 e. The minimum Gasteiger partial charge on any atom is -0.481 e. The molecule has 1 aliphatic rings. The number of rotatable bonds is 2. The van der Waals surface area contributed by atoms with Crippen molar-refractivity contribution in [3.63, 3.8) is 0 Å². The largest absolute Gasteiger partial charge is 0.481 e. The Morgan fingerprint density at radius 1 is 1.33 bits per heavy atom. The normalized spacial score (nSPS) is 26.1. The van der Waals surface area contributed by atoms with Gasteiger partial charge in [0.25, 0.3) is 0 Å². The first-order valence-electron chi connectivity index (χ1n) is 5.07. The molecule has 2 atom stereocenters. The van der Waals surface area contributed by atoms with Gasteiger partial charge < -0.3 is 10.0 Å². The fourth-order valence-corrected chi connectivity index (χ4v) is 2.08. The van der Waals surface area contributed by atoms with Gasteiger partial charge in [0, 0.05) is 20.0 Å². The second-order valence-corrected chi connectivity index (χ2v) is 4.15. The summed E-state index contributed by atoms with van der Waals surface area (Å²) in [4.78, 5) is 23.8. The molecular formula is C11H17NO3. The molecule has 1 heterocycles. The zero-order valence-corrected chi connectivity index (χ0v) is 9.19. The highest BCUT2D eigenvalue weighted by molar-refractivity contribution is 5.76. The van der Waals surface area contributed by atoms with E-state index in [2.05, 4.69) is 6.58 Å². The Balaban J connectivity index is 2.78. The van der Waals surface area contributed by atoms with Gasteiger partial charge in [-0.25, -0.2) is 0 Å². The van der Waals surface area contributed by atoms with Crippen molar-refractivity contribution in [1.29, 1.82) is 0 Å². The molecule has 0 aromatic carbocycles. The van der Waals surface area contributed by atoms with Crippen LogP contribution in [0.4, 0.5) is 0 Å². The molecule has 0 aliphatic carbocycles. The molecule has 4 nitrogen and oxygen atoms in total. The van der Waals surface area contributed by atoms with Crippen molar-refractivity contribution < 1.29 is 14.7 Å². The molecule has 2 unspecified atom stereocenters. The molecule has 1 amide bonds. The molecule has 1 fully saturated rings. The quantitative estimate of drug-likeness (QED) is 0.697.